The molecule has 0 fully saturated rings. The highest BCUT2D eigenvalue weighted by molar-refractivity contribution is 5.56. The molecule has 0 aliphatic rings. The molecule has 3 heteroatoms. The molecule has 0 saturated heterocycles. The maximum atomic E-state index is 10.6. The van der Waals surface area contributed by atoms with Crippen molar-refractivity contribution in [3.8, 4) is 0 Å². The molecule has 0 aromatic heterocycles. The molecule has 16 heavy (non-hydrogen) atoms. The van der Waals surface area contributed by atoms with Gasteiger partial charge < -0.3 is 14.3 Å². The third kappa shape index (κ3) is 4.13. The van der Waals surface area contributed by atoms with Gasteiger partial charge in [0.1, 0.15) is 12.4 Å². The molecule has 0 radical (unpaired) electrons. The predicted molar refractivity (Wildman–Crippen MR) is 62.1 cm³/mol. The van der Waals surface area contributed by atoms with E-state index in [-0.39, 0.29) is 12.0 Å². The molecule has 0 bridgehead atoms. The van der Waals surface area contributed by atoms with Crippen LogP contribution in [0.1, 0.15) is 12.5 Å². The molecule has 3 nitrogen and oxygen atoms in total. The number of ether oxygens (including phenoxy) is 2. The Morgan fingerprint density at radius 1 is 1.31 bits per heavy atom. The number of hydrogen-bond acceptors (Lipinski definition) is 3. The van der Waals surface area contributed by atoms with Crippen molar-refractivity contribution < 1.29 is 14.3 Å². The molecule has 0 N–H and O–H groups in total. The molecular formula is C13H18O3. The van der Waals surface area contributed by atoms with E-state index in [9.17, 15) is 4.79 Å². The Morgan fingerprint density at radius 3 is 2.56 bits per heavy atom. The second kappa shape index (κ2) is 7.14. The second-order valence-electron chi connectivity index (χ2n) is 3.81. The Kier molecular flexibility index (Phi) is 5.75. The van der Waals surface area contributed by atoms with Gasteiger partial charge in [-0.15, -0.1) is 0 Å². The zero-order chi connectivity index (χ0) is 11.8. The van der Waals surface area contributed by atoms with Crippen molar-refractivity contribution in [2.24, 2.45) is 5.92 Å². The van der Waals surface area contributed by atoms with Gasteiger partial charge >= 0.3 is 0 Å². The lowest BCUT2D eigenvalue weighted by Gasteiger charge is -2.17. The van der Waals surface area contributed by atoms with Gasteiger partial charge in [0, 0.05) is 13.0 Å². The Balaban J connectivity index is 2.27. The topological polar surface area (TPSA) is 35.5 Å². The number of benzene rings is 1. The summed E-state index contributed by atoms with van der Waals surface area (Å²) in [5.41, 5.74) is 1.13. The summed E-state index contributed by atoms with van der Waals surface area (Å²) in [5, 5.41) is 0. The summed E-state index contributed by atoms with van der Waals surface area (Å²) >= 11 is 0. The van der Waals surface area contributed by atoms with Gasteiger partial charge in [0.25, 0.3) is 0 Å². The number of rotatable bonds is 7. The Labute approximate surface area is 96.4 Å². The number of carbonyl (C=O) groups excluding carboxylic acids is 1. The van der Waals surface area contributed by atoms with Crippen LogP contribution in [0, 0.1) is 5.92 Å². The SMILES string of the molecule is CO[C@@H](C=O)[C@H](C)COCc1ccccc1. The number of carbonyl (C=O) groups is 1. The fraction of sp³-hybridized carbons (Fsp3) is 0.462. The third-order valence-corrected chi connectivity index (χ3v) is 2.46. The first-order chi connectivity index (χ1) is 7.77. The lowest BCUT2D eigenvalue weighted by atomic mass is 10.1. The summed E-state index contributed by atoms with van der Waals surface area (Å²) < 4.78 is 10.5. The van der Waals surface area contributed by atoms with Crippen LogP contribution in [0.4, 0.5) is 0 Å². The van der Waals surface area contributed by atoms with Gasteiger partial charge in [-0.2, -0.15) is 0 Å². The van der Waals surface area contributed by atoms with Gasteiger partial charge in [-0.1, -0.05) is 37.3 Å². The van der Waals surface area contributed by atoms with Gasteiger partial charge in [-0.25, -0.2) is 0 Å². The van der Waals surface area contributed by atoms with Crippen molar-refractivity contribution in [1.29, 1.82) is 0 Å². The van der Waals surface area contributed by atoms with Crippen molar-refractivity contribution >= 4 is 6.29 Å². The lowest BCUT2D eigenvalue weighted by molar-refractivity contribution is -0.120. The van der Waals surface area contributed by atoms with Crippen molar-refractivity contribution in [3.05, 3.63) is 35.9 Å². The Bertz CT molecular complexity index is 297. The molecule has 0 heterocycles. The van der Waals surface area contributed by atoms with Crippen molar-refractivity contribution in [1.82, 2.24) is 0 Å². The van der Waals surface area contributed by atoms with E-state index in [4.69, 9.17) is 9.47 Å². The average Bonchev–Trinajstić information content (AvgIpc) is 2.32. The van der Waals surface area contributed by atoms with E-state index in [2.05, 4.69) is 0 Å². The molecule has 0 aliphatic carbocycles. The number of aldehydes is 1. The van der Waals surface area contributed by atoms with Crippen LogP contribution < -0.4 is 0 Å². The summed E-state index contributed by atoms with van der Waals surface area (Å²) in [6, 6.07) is 9.95. The van der Waals surface area contributed by atoms with Crippen molar-refractivity contribution in [3.63, 3.8) is 0 Å². The molecule has 0 spiro atoms. The first-order valence-electron chi connectivity index (χ1n) is 5.37. The van der Waals surface area contributed by atoms with Crippen LogP contribution in [0.25, 0.3) is 0 Å². The monoisotopic (exact) mass is 222 g/mol. The number of hydrogen-bond donors (Lipinski definition) is 0. The minimum absolute atomic E-state index is 0.0752. The molecule has 1 aromatic rings. The average molecular weight is 222 g/mol. The first-order valence-corrected chi connectivity index (χ1v) is 5.37. The van der Waals surface area contributed by atoms with Crippen LogP contribution in [0.15, 0.2) is 30.3 Å². The van der Waals surface area contributed by atoms with E-state index in [1.165, 1.54) is 7.11 Å². The van der Waals surface area contributed by atoms with Gasteiger partial charge in [0.15, 0.2) is 0 Å². The van der Waals surface area contributed by atoms with Gasteiger partial charge in [-0.05, 0) is 5.56 Å². The normalized spacial score (nSPS) is 14.4. The molecule has 0 amide bonds. The van der Waals surface area contributed by atoms with Crippen LogP contribution in [0.5, 0.6) is 0 Å². The molecule has 0 unspecified atom stereocenters. The summed E-state index contributed by atoms with van der Waals surface area (Å²) in [6.45, 7) is 3.03. The van der Waals surface area contributed by atoms with E-state index in [0.717, 1.165) is 11.8 Å². The van der Waals surface area contributed by atoms with Crippen LogP contribution in [-0.2, 0) is 20.9 Å². The van der Waals surface area contributed by atoms with Gasteiger partial charge in [-0.3, -0.25) is 0 Å². The van der Waals surface area contributed by atoms with E-state index in [0.29, 0.717) is 13.2 Å². The van der Waals surface area contributed by atoms with E-state index in [1.807, 2.05) is 37.3 Å². The van der Waals surface area contributed by atoms with Crippen LogP contribution >= 0.6 is 0 Å². The standard InChI is InChI=1S/C13H18O3/c1-11(13(8-14)15-2)9-16-10-12-6-4-3-5-7-12/h3-8,11,13H,9-10H2,1-2H3/t11-,13+/m1/s1. The first kappa shape index (κ1) is 12.9. The second-order valence-corrected chi connectivity index (χ2v) is 3.81. The fourth-order valence-corrected chi connectivity index (χ4v) is 1.45. The van der Waals surface area contributed by atoms with Crippen molar-refractivity contribution in [2.75, 3.05) is 13.7 Å². The maximum absolute atomic E-state index is 10.6. The van der Waals surface area contributed by atoms with E-state index in [1.54, 1.807) is 0 Å². The van der Waals surface area contributed by atoms with Crippen LogP contribution in [0.3, 0.4) is 0 Å². The molecule has 1 rings (SSSR count). The molecule has 0 aliphatic heterocycles. The zero-order valence-corrected chi connectivity index (χ0v) is 9.76. The summed E-state index contributed by atoms with van der Waals surface area (Å²) in [6.07, 6.45) is 0.437. The van der Waals surface area contributed by atoms with Gasteiger partial charge in [0.05, 0.1) is 13.2 Å². The van der Waals surface area contributed by atoms with Crippen LogP contribution in [0.2, 0.25) is 0 Å². The lowest BCUT2D eigenvalue weighted by Crippen LogP contribution is -2.25. The van der Waals surface area contributed by atoms with Crippen LogP contribution in [-0.4, -0.2) is 26.1 Å². The highest BCUT2D eigenvalue weighted by Gasteiger charge is 2.15. The summed E-state index contributed by atoms with van der Waals surface area (Å²) in [7, 11) is 1.53. The molecule has 0 saturated carbocycles. The zero-order valence-electron chi connectivity index (χ0n) is 9.76. The third-order valence-electron chi connectivity index (χ3n) is 2.46. The highest BCUT2D eigenvalue weighted by Crippen LogP contribution is 2.07. The highest BCUT2D eigenvalue weighted by atomic mass is 16.5. The minimum Gasteiger partial charge on any atom is -0.376 e. The van der Waals surface area contributed by atoms with E-state index >= 15 is 0 Å². The quantitative estimate of drug-likeness (QED) is 0.662. The smallest absolute Gasteiger partial charge is 0.149 e. The summed E-state index contributed by atoms with van der Waals surface area (Å²) in [5.74, 6) is 0.0752. The Hall–Kier alpha value is -1.19. The number of methoxy groups -OCH3 is 1. The molecule has 1 aromatic carbocycles. The molecule has 88 valence electrons. The largest absolute Gasteiger partial charge is 0.376 e. The Morgan fingerprint density at radius 2 is 2.00 bits per heavy atom. The molecule has 2 atom stereocenters. The van der Waals surface area contributed by atoms with Gasteiger partial charge in [0.2, 0.25) is 0 Å². The summed E-state index contributed by atoms with van der Waals surface area (Å²) in [4.78, 5) is 10.6. The van der Waals surface area contributed by atoms with E-state index < -0.39 is 0 Å². The molecular weight excluding hydrogens is 204 g/mol. The van der Waals surface area contributed by atoms with Crippen molar-refractivity contribution in [2.45, 2.75) is 19.6 Å². The minimum atomic E-state index is -0.379. The maximum Gasteiger partial charge on any atom is 0.149 e. The predicted octanol–water partition coefficient (Wildman–Crippen LogP) is 2.05. The fourth-order valence-electron chi connectivity index (χ4n) is 1.45.